The van der Waals surface area contributed by atoms with Crippen LogP contribution in [0.5, 0.6) is 0 Å². The van der Waals surface area contributed by atoms with Crippen molar-refractivity contribution in [1.29, 1.82) is 0 Å². The lowest BCUT2D eigenvalue weighted by atomic mass is 10.1. The van der Waals surface area contributed by atoms with Gasteiger partial charge in [-0.1, -0.05) is 36.4 Å². The summed E-state index contributed by atoms with van der Waals surface area (Å²) in [5.41, 5.74) is 3.51. The Labute approximate surface area is 157 Å². The first-order chi connectivity index (χ1) is 13.1. The normalized spacial score (nSPS) is 10.8. The van der Waals surface area contributed by atoms with Crippen molar-refractivity contribution in [3.05, 3.63) is 87.1 Å². The van der Waals surface area contributed by atoms with E-state index in [0.29, 0.717) is 10.2 Å². The number of amides is 1. The maximum absolute atomic E-state index is 12.9. The van der Waals surface area contributed by atoms with Crippen molar-refractivity contribution in [3.8, 4) is 11.1 Å². The van der Waals surface area contributed by atoms with E-state index in [1.165, 1.54) is 34.5 Å². The fraction of sp³-hybridized carbons (Fsp3) is 0.0526. The van der Waals surface area contributed by atoms with Crippen LogP contribution in [0.15, 0.2) is 76.0 Å². The van der Waals surface area contributed by atoms with Crippen LogP contribution in [-0.2, 0) is 11.3 Å². The summed E-state index contributed by atoms with van der Waals surface area (Å²) in [6.45, 7) is -0.195. The van der Waals surface area contributed by atoms with Crippen molar-refractivity contribution in [2.45, 2.75) is 6.54 Å². The van der Waals surface area contributed by atoms with Crippen LogP contribution in [0.1, 0.15) is 0 Å². The summed E-state index contributed by atoms with van der Waals surface area (Å²) in [7, 11) is 0. The maximum atomic E-state index is 12.9. The molecule has 0 aliphatic rings. The Kier molecular flexibility index (Phi) is 4.39. The number of rotatable bonds is 4. The third-order valence-electron chi connectivity index (χ3n) is 4.04. The molecule has 0 bridgehead atoms. The fourth-order valence-corrected chi connectivity index (χ4v) is 3.66. The SMILES string of the molecule is O=C(Cn1ccccc1=O)Nn1cnc2scc(-c3ccccc3)c2c1=O. The number of hydrogen-bond acceptors (Lipinski definition) is 5. The highest BCUT2D eigenvalue weighted by atomic mass is 32.1. The molecule has 3 heterocycles. The largest absolute Gasteiger partial charge is 0.306 e. The predicted molar refractivity (Wildman–Crippen MR) is 104 cm³/mol. The van der Waals surface area contributed by atoms with E-state index in [9.17, 15) is 14.4 Å². The first kappa shape index (κ1) is 16.9. The van der Waals surface area contributed by atoms with Gasteiger partial charge in [-0.3, -0.25) is 19.8 Å². The molecule has 3 aromatic heterocycles. The van der Waals surface area contributed by atoms with E-state index < -0.39 is 5.91 Å². The Morgan fingerprint density at radius 1 is 1.07 bits per heavy atom. The molecular formula is C19H14N4O3S. The predicted octanol–water partition coefficient (Wildman–Crippen LogP) is 2.06. The second kappa shape index (κ2) is 7.00. The number of benzene rings is 1. The van der Waals surface area contributed by atoms with Gasteiger partial charge in [0, 0.05) is 23.2 Å². The van der Waals surface area contributed by atoms with Gasteiger partial charge >= 0.3 is 0 Å². The highest BCUT2D eigenvalue weighted by molar-refractivity contribution is 7.17. The molecule has 7 nitrogen and oxygen atoms in total. The van der Waals surface area contributed by atoms with Gasteiger partial charge in [0.2, 0.25) is 0 Å². The zero-order valence-corrected chi connectivity index (χ0v) is 14.8. The summed E-state index contributed by atoms with van der Waals surface area (Å²) < 4.78 is 2.31. The Bertz CT molecular complexity index is 1240. The van der Waals surface area contributed by atoms with Crippen molar-refractivity contribution in [2.24, 2.45) is 0 Å². The molecule has 0 fully saturated rings. The van der Waals surface area contributed by atoms with Gasteiger partial charge in [-0.05, 0) is 11.6 Å². The number of pyridine rings is 1. The van der Waals surface area contributed by atoms with Crippen molar-refractivity contribution in [2.75, 3.05) is 5.43 Å². The molecule has 0 aliphatic carbocycles. The average molecular weight is 378 g/mol. The van der Waals surface area contributed by atoms with E-state index in [4.69, 9.17) is 0 Å². The lowest BCUT2D eigenvalue weighted by Gasteiger charge is -2.09. The summed E-state index contributed by atoms with van der Waals surface area (Å²) >= 11 is 1.37. The van der Waals surface area contributed by atoms with Crippen LogP contribution < -0.4 is 16.5 Å². The minimum absolute atomic E-state index is 0.195. The summed E-state index contributed by atoms with van der Waals surface area (Å²) in [5.74, 6) is -0.497. The standard InChI is InChI=1S/C19H14N4O3S/c24-15(10-22-9-5-4-8-16(22)25)21-23-12-20-18-17(19(23)26)14(11-27-18)13-6-2-1-3-7-13/h1-9,11-12H,10H2,(H,21,24). The third-order valence-corrected chi connectivity index (χ3v) is 4.92. The molecule has 0 radical (unpaired) electrons. The van der Waals surface area contributed by atoms with Crippen molar-refractivity contribution in [1.82, 2.24) is 14.2 Å². The molecule has 27 heavy (non-hydrogen) atoms. The highest BCUT2D eigenvalue weighted by Crippen LogP contribution is 2.30. The monoisotopic (exact) mass is 378 g/mol. The Morgan fingerprint density at radius 3 is 2.63 bits per heavy atom. The van der Waals surface area contributed by atoms with Crippen LogP contribution in [-0.4, -0.2) is 20.1 Å². The molecular weight excluding hydrogens is 364 g/mol. The van der Waals surface area contributed by atoms with E-state index >= 15 is 0 Å². The molecule has 1 aromatic carbocycles. The molecule has 4 rings (SSSR count). The quantitative estimate of drug-likeness (QED) is 0.589. The van der Waals surface area contributed by atoms with Crippen LogP contribution in [0.3, 0.4) is 0 Å². The van der Waals surface area contributed by atoms with E-state index in [2.05, 4.69) is 10.4 Å². The van der Waals surface area contributed by atoms with E-state index in [1.54, 1.807) is 12.1 Å². The number of nitrogens with one attached hydrogen (secondary N) is 1. The zero-order chi connectivity index (χ0) is 18.8. The molecule has 1 N–H and O–H groups in total. The van der Waals surface area contributed by atoms with Crippen LogP contribution in [0.25, 0.3) is 21.3 Å². The summed E-state index contributed by atoms with van der Waals surface area (Å²) in [4.78, 5) is 41.7. The molecule has 4 aromatic rings. The molecule has 0 saturated carbocycles. The average Bonchev–Trinajstić information content (AvgIpc) is 3.11. The van der Waals surface area contributed by atoms with Gasteiger partial charge in [-0.2, -0.15) is 0 Å². The van der Waals surface area contributed by atoms with Gasteiger partial charge in [-0.15, -0.1) is 11.3 Å². The second-order valence-electron chi connectivity index (χ2n) is 5.82. The van der Waals surface area contributed by atoms with Crippen LogP contribution in [0, 0.1) is 0 Å². The lowest BCUT2D eigenvalue weighted by molar-refractivity contribution is -0.117. The van der Waals surface area contributed by atoms with E-state index in [-0.39, 0.29) is 17.7 Å². The molecule has 0 saturated heterocycles. The minimum Gasteiger partial charge on any atom is -0.306 e. The van der Waals surface area contributed by atoms with Gasteiger partial charge in [0.05, 0.1) is 5.39 Å². The topological polar surface area (TPSA) is 86.0 Å². The van der Waals surface area contributed by atoms with Gasteiger partial charge < -0.3 is 4.57 Å². The number of nitrogens with zero attached hydrogens (tertiary/aromatic N) is 3. The zero-order valence-electron chi connectivity index (χ0n) is 14.0. The van der Waals surface area contributed by atoms with Crippen molar-refractivity contribution >= 4 is 27.5 Å². The van der Waals surface area contributed by atoms with Crippen LogP contribution in [0.4, 0.5) is 0 Å². The number of aromatic nitrogens is 3. The van der Waals surface area contributed by atoms with Crippen molar-refractivity contribution < 1.29 is 4.79 Å². The van der Waals surface area contributed by atoms with Crippen LogP contribution in [0.2, 0.25) is 0 Å². The fourth-order valence-electron chi connectivity index (χ4n) is 2.76. The maximum Gasteiger partial charge on any atom is 0.281 e. The second-order valence-corrected chi connectivity index (χ2v) is 6.68. The molecule has 0 atom stereocenters. The number of carbonyl (C=O) groups is 1. The first-order valence-electron chi connectivity index (χ1n) is 8.13. The number of carbonyl (C=O) groups excluding carboxylic acids is 1. The minimum atomic E-state index is -0.497. The van der Waals surface area contributed by atoms with Gasteiger partial charge in [0.25, 0.3) is 17.0 Å². The number of fused-ring (bicyclic) bond motifs is 1. The van der Waals surface area contributed by atoms with E-state index in [0.717, 1.165) is 15.8 Å². The smallest absolute Gasteiger partial charge is 0.281 e. The van der Waals surface area contributed by atoms with Crippen LogP contribution >= 0.6 is 11.3 Å². The number of hydrogen-bond donors (Lipinski definition) is 1. The molecule has 0 spiro atoms. The Morgan fingerprint density at radius 2 is 1.85 bits per heavy atom. The third kappa shape index (κ3) is 3.30. The molecule has 8 heteroatoms. The van der Waals surface area contributed by atoms with Crippen molar-refractivity contribution in [3.63, 3.8) is 0 Å². The molecule has 134 valence electrons. The Hall–Kier alpha value is -3.52. The summed E-state index contributed by atoms with van der Waals surface area (Å²) in [6.07, 6.45) is 2.79. The molecule has 0 unspecified atom stereocenters. The van der Waals surface area contributed by atoms with Gasteiger partial charge in [0.1, 0.15) is 17.7 Å². The van der Waals surface area contributed by atoms with Gasteiger partial charge in [-0.25, -0.2) is 9.66 Å². The van der Waals surface area contributed by atoms with Gasteiger partial charge in [0.15, 0.2) is 0 Å². The number of thiophene rings is 1. The lowest BCUT2D eigenvalue weighted by Crippen LogP contribution is -2.36. The summed E-state index contributed by atoms with van der Waals surface area (Å²) in [6, 6.07) is 14.1. The highest BCUT2D eigenvalue weighted by Gasteiger charge is 2.14. The first-order valence-corrected chi connectivity index (χ1v) is 9.01. The molecule has 1 amide bonds. The molecule has 0 aliphatic heterocycles. The summed E-state index contributed by atoms with van der Waals surface area (Å²) in [5, 5.41) is 2.33. The Balaban J connectivity index is 1.68. The van der Waals surface area contributed by atoms with E-state index in [1.807, 2.05) is 35.7 Å².